The van der Waals surface area contributed by atoms with E-state index in [-0.39, 0.29) is 0 Å². The summed E-state index contributed by atoms with van der Waals surface area (Å²) in [5.41, 5.74) is -3.30. The molecular formula is C6H7FO4. The van der Waals surface area contributed by atoms with Crippen LogP contribution in [0.3, 0.4) is 0 Å². The lowest BCUT2D eigenvalue weighted by atomic mass is 10.1. The molecule has 0 rings (SSSR count). The first kappa shape index (κ1) is 9.61. The van der Waals surface area contributed by atoms with Gasteiger partial charge in [-0.05, 0) is 13.0 Å². The lowest BCUT2D eigenvalue weighted by Crippen LogP contribution is -2.40. The number of rotatable bonds is 3. The van der Waals surface area contributed by atoms with Crippen molar-refractivity contribution in [2.75, 3.05) is 0 Å². The van der Waals surface area contributed by atoms with Gasteiger partial charge in [-0.15, -0.1) is 0 Å². The monoisotopic (exact) mass is 162 g/mol. The lowest BCUT2D eigenvalue weighted by Gasteiger charge is -2.08. The summed E-state index contributed by atoms with van der Waals surface area (Å²) in [6.45, 7) is 1.33. The van der Waals surface area contributed by atoms with Crippen molar-refractivity contribution >= 4 is 11.9 Å². The summed E-state index contributed by atoms with van der Waals surface area (Å²) < 4.78 is 12.8. The molecule has 0 spiro atoms. The molecule has 0 heterocycles. The summed E-state index contributed by atoms with van der Waals surface area (Å²) >= 11 is 0. The van der Waals surface area contributed by atoms with Crippen molar-refractivity contribution in [3.05, 3.63) is 12.2 Å². The van der Waals surface area contributed by atoms with Gasteiger partial charge in [0.2, 0.25) is 0 Å². The Hall–Kier alpha value is -1.39. The number of carboxylic acid groups (broad SMARTS) is 2. The van der Waals surface area contributed by atoms with Gasteiger partial charge in [0.15, 0.2) is 0 Å². The highest BCUT2D eigenvalue weighted by Gasteiger charge is 2.44. The SMILES string of the molecule is CC=CC(F)(C(=O)O)C(=O)O. The molecule has 0 bridgehead atoms. The molecule has 0 saturated carbocycles. The molecule has 0 amide bonds. The minimum Gasteiger partial charge on any atom is -0.478 e. The number of carboxylic acids is 2. The first-order chi connectivity index (χ1) is 4.95. The number of halogens is 1. The summed E-state index contributed by atoms with van der Waals surface area (Å²) in [6.07, 6.45) is 1.50. The van der Waals surface area contributed by atoms with E-state index in [0.717, 1.165) is 6.08 Å². The van der Waals surface area contributed by atoms with E-state index in [0.29, 0.717) is 6.08 Å². The van der Waals surface area contributed by atoms with Crippen molar-refractivity contribution in [1.29, 1.82) is 0 Å². The molecule has 5 heteroatoms. The van der Waals surface area contributed by atoms with Crippen LogP contribution in [0.4, 0.5) is 4.39 Å². The second-order valence-corrected chi connectivity index (χ2v) is 1.82. The molecular weight excluding hydrogens is 155 g/mol. The fraction of sp³-hybridized carbons (Fsp3) is 0.333. The van der Waals surface area contributed by atoms with Crippen LogP contribution in [0.2, 0.25) is 0 Å². The first-order valence-corrected chi connectivity index (χ1v) is 2.74. The Morgan fingerprint density at radius 2 is 1.73 bits per heavy atom. The van der Waals surface area contributed by atoms with Crippen molar-refractivity contribution < 1.29 is 24.2 Å². The van der Waals surface area contributed by atoms with E-state index in [1.165, 1.54) is 6.92 Å². The molecule has 0 aliphatic rings. The van der Waals surface area contributed by atoms with E-state index >= 15 is 0 Å². The topological polar surface area (TPSA) is 74.6 Å². The van der Waals surface area contributed by atoms with Crippen LogP contribution in [0, 0.1) is 0 Å². The standard InChI is InChI=1S/C6H7FO4/c1-2-3-6(7,4(8)9)5(10)11/h2-3H,1H3,(H,8,9)(H,10,11). The van der Waals surface area contributed by atoms with Gasteiger partial charge in [-0.25, -0.2) is 14.0 Å². The molecule has 0 atom stereocenters. The van der Waals surface area contributed by atoms with E-state index < -0.39 is 17.6 Å². The van der Waals surface area contributed by atoms with Crippen molar-refractivity contribution in [2.45, 2.75) is 12.6 Å². The zero-order valence-electron chi connectivity index (χ0n) is 5.74. The molecule has 62 valence electrons. The van der Waals surface area contributed by atoms with Crippen molar-refractivity contribution in [3.63, 3.8) is 0 Å². The second-order valence-electron chi connectivity index (χ2n) is 1.82. The zero-order chi connectivity index (χ0) is 9.07. The Balaban J connectivity index is 4.82. The highest BCUT2D eigenvalue weighted by atomic mass is 19.1. The van der Waals surface area contributed by atoms with Gasteiger partial charge in [0.25, 0.3) is 0 Å². The quantitative estimate of drug-likeness (QED) is 0.466. The van der Waals surface area contributed by atoms with E-state index in [4.69, 9.17) is 10.2 Å². The Morgan fingerprint density at radius 1 is 1.36 bits per heavy atom. The van der Waals surface area contributed by atoms with Crippen LogP contribution in [0.5, 0.6) is 0 Å². The Kier molecular flexibility index (Phi) is 2.74. The van der Waals surface area contributed by atoms with Gasteiger partial charge >= 0.3 is 17.6 Å². The summed E-state index contributed by atoms with van der Waals surface area (Å²) in [7, 11) is 0. The van der Waals surface area contributed by atoms with Crippen LogP contribution >= 0.6 is 0 Å². The molecule has 0 aliphatic carbocycles. The number of aliphatic carboxylic acids is 2. The maximum Gasteiger partial charge on any atom is 0.357 e. The third-order valence-corrected chi connectivity index (χ3v) is 1.02. The molecule has 0 fully saturated rings. The average molecular weight is 162 g/mol. The zero-order valence-corrected chi connectivity index (χ0v) is 5.74. The Bertz CT molecular complexity index is 195. The number of hydrogen-bond donors (Lipinski definition) is 2. The van der Waals surface area contributed by atoms with Crippen LogP contribution in [0.15, 0.2) is 12.2 Å². The van der Waals surface area contributed by atoms with Gasteiger partial charge in [-0.1, -0.05) is 6.08 Å². The summed E-state index contributed by atoms with van der Waals surface area (Å²) in [5.74, 6) is -4.05. The summed E-state index contributed by atoms with van der Waals surface area (Å²) in [6, 6.07) is 0. The molecule has 4 nitrogen and oxygen atoms in total. The van der Waals surface area contributed by atoms with E-state index in [1.807, 2.05) is 0 Å². The van der Waals surface area contributed by atoms with Gasteiger partial charge in [0.1, 0.15) is 0 Å². The highest BCUT2D eigenvalue weighted by Crippen LogP contribution is 2.13. The summed E-state index contributed by atoms with van der Waals surface area (Å²) in [4.78, 5) is 20.1. The Labute approximate surface area is 62.0 Å². The van der Waals surface area contributed by atoms with Gasteiger partial charge in [0.05, 0.1) is 0 Å². The first-order valence-electron chi connectivity index (χ1n) is 2.74. The van der Waals surface area contributed by atoms with Crippen LogP contribution in [0.1, 0.15) is 6.92 Å². The molecule has 0 aromatic heterocycles. The van der Waals surface area contributed by atoms with Crippen LogP contribution < -0.4 is 0 Å². The number of carbonyl (C=O) groups is 2. The number of alkyl halides is 1. The van der Waals surface area contributed by atoms with Crippen LogP contribution in [-0.4, -0.2) is 27.8 Å². The second kappa shape index (κ2) is 3.14. The highest BCUT2D eigenvalue weighted by molar-refractivity contribution is 6.04. The third kappa shape index (κ3) is 1.76. The molecule has 0 unspecified atom stereocenters. The van der Waals surface area contributed by atoms with E-state index in [1.54, 1.807) is 0 Å². The lowest BCUT2D eigenvalue weighted by molar-refractivity contribution is -0.162. The number of allylic oxidation sites excluding steroid dienone is 1. The van der Waals surface area contributed by atoms with E-state index in [2.05, 4.69) is 0 Å². The van der Waals surface area contributed by atoms with Gasteiger partial charge in [-0.3, -0.25) is 0 Å². The van der Waals surface area contributed by atoms with Crippen molar-refractivity contribution in [3.8, 4) is 0 Å². The summed E-state index contributed by atoms with van der Waals surface area (Å²) in [5, 5.41) is 16.3. The van der Waals surface area contributed by atoms with Crippen LogP contribution in [-0.2, 0) is 9.59 Å². The van der Waals surface area contributed by atoms with Gasteiger partial charge in [0, 0.05) is 0 Å². The molecule has 0 aliphatic heterocycles. The predicted molar refractivity (Wildman–Crippen MR) is 33.9 cm³/mol. The molecule has 2 N–H and O–H groups in total. The van der Waals surface area contributed by atoms with Crippen molar-refractivity contribution in [1.82, 2.24) is 0 Å². The molecule has 0 saturated heterocycles. The predicted octanol–water partition coefficient (Wildman–Crippen LogP) is 0.440. The number of hydrogen-bond acceptors (Lipinski definition) is 2. The minimum absolute atomic E-state index is 0.470. The van der Waals surface area contributed by atoms with E-state index in [9.17, 15) is 14.0 Å². The largest absolute Gasteiger partial charge is 0.478 e. The molecule has 0 aromatic rings. The maximum atomic E-state index is 12.8. The molecule has 0 radical (unpaired) electrons. The van der Waals surface area contributed by atoms with Crippen molar-refractivity contribution in [2.24, 2.45) is 0 Å². The van der Waals surface area contributed by atoms with Gasteiger partial charge < -0.3 is 10.2 Å². The smallest absolute Gasteiger partial charge is 0.357 e. The fourth-order valence-corrected chi connectivity index (χ4v) is 0.464. The fourth-order valence-electron chi connectivity index (χ4n) is 0.464. The maximum absolute atomic E-state index is 12.8. The average Bonchev–Trinajstić information content (AvgIpc) is 1.87. The Morgan fingerprint density at radius 3 is 1.82 bits per heavy atom. The minimum atomic E-state index is -3.30. The van der Waals surface area contributed by atoms with Crippen LogP contribution in [0.25, 0.3) is 0 Å². The van der Waals surface area contributed by atoms with Gasteiger partial charge in [-0.2, -0.15) is 0 Å². The molecule has 0 aromatic carbocycles. The normalized spacial score (nSPS) is 11.8. The molecule has 11 heavy (non-hydrogen) atoms. The third-order valence-electron chi connectivity index (χ3n) is 1.02.